The molecule has 0 saturated carbocycles. The SMILES string of the molecule is CNC(=O)c1ccc(CNC(=O)[C@H](C)c2c(C)noc2C)cc1. The van der Waals surface area contributed by atoms with Crippen molar-refractivity contribution in [2.24, 2.45) is 0 Å². The smallest absolute Gasteiger partial charge is 0.251 e. The summed E-state index contributed by atoms with van der Waals surface area (Å²) >= 11 is 0. The molecule has 0 radical (unpaired) electrons. The van der Waals surface area contributed by atoms with Gasteiger partial charge in [0.15, 0.2) is 0 Å². The van der Waals surface area contributed by atoms with Crippen molar-refractivity contribution in [2.75, 3.05) is 7.05 Å². The average molecular weight is 315 g/mol. The Bertz CT molecular complexity index is 685. The topological polar surface area (TPSA) is 84.2 Å². The van der Waals surface area contributed by atoms with E-state index in [0.717, 1.165) is 16.8 Å². The highest BCUT2D eigenvalue weighted by Crippen LogP contribution is 2.23. The van der Waals surface area contributed by atoms with Gasteiger partial charge in [-0.05, 0) is 38.5 Å². The summed E-state index contributed by atoms with van der Waals surface area (Å²) in [4.78, 5) is 23.8. The average Bonchev–Trinajstić information content (AvgIpc) is 2.90. The third kappa shape index (κ3) is 3.77. The molecule has 0 aliphatic rings. The Morgan fingerprint density at radius 2 is 1.87 bits per heavy atom. The molecule has 122 valence electrons. The number of aromatic nitrogens is 1. The van der Waals surface area contributed by atoms with Gasteiger partial charge < -0.3 is 15.2 Å². The summed E-state index contributed by atoms with van der Waals surface area (Å²) in [6, 6.07) is 7.12. The molecule has 23 heavy (non-hydrogen) atoms. The number of benzene rings is 1. The van der Waals surface area contributed by atoms with Gasteiger partial charge in [0.1, 0.15) is 5.76 Å². The Kier molecular flexibility index (Phi) is 5.16. The maximum Gasteiger partial charge on any atom is 0.251 e. The van der Waals surface area contributed by atoms with Gasteiger partial charge in [0, 0.05) is 24.7 Å². The molecule has 0 unspecified atom stereocenters. The lowest BCUT2D eigenvalue weighted by molar-refractivity contribution is -0.122. The molecule has 0 saturated heterocycles. The molecule has 1 heterocycles. The summed E-state index contributed by atoms with van der Waals surface area (Å²) in [5.74, 6) is 0.119. The van der Waals surface area contributed by atoms with E-state index in [1.54, 1.807) is 26.1 Å². The molecule has 0 spiro atoms. The van der Waals surface area contributed by atoms with Gasteiger partial charge in [-0.1, -0.05) is 17.3 Å². The number of carbonyl (C=O) groups is 2. The number of rotatable bonds is 5. The lowest BCUT2D eigenvalue weighted by atomic mass is 9.98. The van der Waals surface area contributed by atoms with Crippen molar-refractivity contribution in [2.45, 2.75) is 33.2 Å². The van der Waals surface area contributed by atoms with Crippen molar-refractivity contribution in [3.8, 4) is 0 Å². The van der Waals surface area contributed by atoms with Crippen molar-refractivity contribution < 1.29 is 14.1 Å². The largest absolute Gasteiger partial charge is 0.361 e. The molecule has 0 aliphatic heterocycles. The Balaban J connectivity index is 1.98. The summed E-state index contributed by atoms with van der Waals surface area (Å²) in [5.41, 5.74) is 3.08. The molecule has 2 amide bonds. The second kappa shape index (κ2) is 7.09. The normalized spacial score (nSPS) is 11.8. The fourth-order valence-electron chi connectivity index (χ4n) is 2.50. The predicted octanol–water partition coefficient (Wildman–Crippen LogP) is 2.07. The van der Waals surface area contributed by atoms with Crippen LogP contribution in [-0.4, -0.2) is 24.0 Å². The van der Waals surface area contributed by atoms with Crippen LogP contribution < -0.4 is 10.6 Å². The molecule has 6 nitrogen and oxygen atoms in total. The van der Waals surface area contributed by atoms with Crippen LogP contribution in [0.3, 0.4) is 0 Å². The van der Waals surface area contributed by atoms with Gasteiger partial charge in [-0.2, -0.15) is 0 Å². The van der Waals surface area contributed by atoms with Crippen molar-refractivity contribution in [3.05, 3.63) is 52.4 Å². The van der Waals surface area contributed by atoms with E-state index in [9.17, 15) is 9.59 Å². The van der Waals surface area contributed by atoms with Crippen LogP contribution in [-0.2, 0) is 11.3 Å². The molecular formula is C17H21N3O3. The van der Waals surface area contributed by atoms with Gasteiger partial charge in [-0.25, -0.2) is 0 Å². The highest BCUT2D eigenvalue weighted by Gasteiger charge is 2.22. The first-order valence-corrected chi connectivity index (χ1v) is 7.45. The highest BCUT2D eigenvalue weighted by molar-refractivity contribution is 5.94. The van der Waals surface area contributed by atoms with Gasteiger partial charge in [-0.15, -0.1) is 0 Å². The van der Waals surface area contributed by atoms with E-state index in [-0.39, 0.29) is 17.7 Å². The van der Waals surface area contributed by atoms with Gasteiger partial charge >= 0.3 is 0 Å². The first-order valence-electron chi connectivity index (χ1n) is 7.45. The summed E-state index contributed by atoms with van der Waals surface area (Å²) < 4.78 is 5.11. The third-order valence-electron chi connectivity index (χ3n) is 3.82. The Morgan fingerprint density at radius 1 is 1.22 bits per heavy atom. The van der Waals surface area contributed by atoms with E-state index in [4.69, 9.17) is 4.52 Å². The van der Waals surface area contributed by atoms with Crippen LogP contribution in [0.15, 0.2) is 28.8 Å². The summed E-state index contributed by atoms with van der Waals surface area (Å²) in [7, 11) is 1.59. The van der Waals surface area contributed by atoms with Crippen LogP contribution in [0.25, 0.3) is 0 Å². The Labute approximate surface area is 135 Å². The molecule has 2 rings (SSSR count). The fourth-order valence-corrected chi connectivity index (χ4v) is 2.50. The van der Waals surface area contributed by atoms with Crippen LogP contribution in [0, 0.1) is 13.8 Å². The van der Waals surface area contributed by atoms with E-state index < -0.39 is 0 Å². The third-order valence-corrected chi connectivity index (χ3v) is 3.82. The van der Waals surface area contributed by atoms with Gasteiger partial charge in [0.05, 0.1) is 11.6 Å². The van der Waals surface area contributed by atoms with E-state index in [2.05, 4.69) is 15.8 Å². The molecule has 0 fully saturated rings. The minimum atomic E-state index is -0.327. The molecular weight excluding hydrogens is 294 g/mol. The van der Waals surface area contributed by atoms with E-state index in [1.165, 1.54) is 0 Å². The Morgan fingerprint density at radius 3 is 2.39 bits per heavy atom. The molecule has 1 atom stereocenters. The number of nitrogens with zero attached hydrogens (tertiary/aromatic N) is 1. The maximum absolute atomic E-state index is 12.3. The van der Waals surface area contributed by atoms with Crippen LogP contribution >= 0.6 is 0 Å². The van der Waals surface area contributed by atoms with Gasteiger partial charge in [-0.3, -0.25) is 9.59 Å². The van der Waals surface area contributed by atoms with E-state index >= 15 is 0 Å². The minimum Gasteiger partial charge on any atom is -0.361 e. The van der Waals surface area contributed by atoms with E-state index in [1.807, 2.05) is 26.0 Å². The Hall–Kier alpha value is -2.63. The lowest BCUT2D eigenvalue weighted by Crippen LogP contribution is -2.28. The van der Waals surface area contributed by atoms with E-state index in [0.29, 0.717) is 17.9 Å². The molecule has 0 aliphatic carbocycles. The summed E-state index contributed by atoms with van der Waals surface area (Å²) in [6.45, 7) is 5.86. The number of hydrogen-bond acceptors (Lipinski definition) is 4. The summed E-state index contributed by atoms with van der Waals surface area (Å²) in [5, 5.41) is 9.34. The van der Waals surface area contributed by atoms with Crippen LogP contribution in [0.2, 0.25) is 0 Å². The molecule has 6 heteroatoms. The number of hydrogen-bond donors (Lipinski definition) is 2. The zero-order valence-corrected chi connectivity index (χ0v) is 13.8. The molecule has 1 aromatic carbocycles. The fraction of sp³-hybridized carbons (Fsp3) is 0.353. The number of nitrogens with one attached hydrogen (secondary N) is 2. The van der Waals surface area contributed by atoms with Crippen LogP contribution in [0.5, 0.6) is 0 Å². The zero-order valence-electron chi connectivity index (χ0n) is 13.8. The standard InChI is InChI=1S/C17H21N3O3/c1-10(15-11(2)20-23-12(15)3)16(21)19-9-13-5-7-14(8-6-13)17(22)18-4/h5-8,10H,9H2,1-4H3,(H,18,22)(H,19,21)/t10-/m1/s1. The van der Waals surface area contributed by atoms with Crippen LogP contribution in [0.4, 0.5) is 0 Å². The van der Waals surface area contributed by atoms with Gasteiger partial charge in [0.25, 0.3) is 5.91 Å². The quantitative estimate of drug-likeness (QED) is 0.884. The van der Waals surface area contributed by atoms with Crippen molar-refractivity contribution in [1.82, 2.24) is 15.8 Å². The zero-order chi connectivity index (χ0) is 17.0. The van der Waals surface area contributed by atoms with Crippen LogP contribution in [0.1, 0.15) is 45.8 Å². The first kappa shape index (κ1) is 16.7. The summed E-state index contributed by atoms with van der Waals surface area (Å²) in [6.07, 6.45) is 0. The first-order chi connectivity index (χ1) is 10.9. The molecule has 0 bridgehead atoms. The van der Waals surface area contributed by atoms with Crippen molar-refractivity contribution >= 4 is 11.8 Å². The maximum atomic E-state index is 12.3. The number of aryl methyl sites for hydroxylation is 2. The predicted molar refractivity (Wildman–Crippen MR) is 86.1 cm³/mol. The lowest BCUT2D eigenvalue weighted by Gasteiger charge is -2.12. The second-order valence-electron chi connectivity index (χ2n) is 5.45. The molecule has 2 aromatic rings. The molecule has 1 aromatic heterocycles. The van der Waals surface area contributed by atoms with Crippen molar-refractivity contribution in [1.29, 1.82) is 0 Å². The monoisotopic (exact) mass is 315 g/mol. The highest BCUT2D eigenvalue weighted by atomic mass is 16.5. The molecule has 2 N–H and O–H groups in total. The minimum absolute atomic E-state index is 0.0882. The van der Waals surface area contributed by atoms with Gasteiger partial charge in [0.2, 0.25) is 5.91 Å². The van der Waals surface area contributed by atoms with Crippen molar-refractivity contribution in [3.63, 3.8) is 0 Å². The number of amides is 2. The number of carbonyl (C=O) groups excluding carboxylic acids is 2. The second-order valence-corrected chi connectivity index (χ2v) is 5.45.